The van der Waals surface area contributed by atoms with Crippen LogP contribution in [0.1, 0.15) is 43.4 Å². The van der Waals surface area contributed by atoms with Crippen molar-refractivity contribution in [2.75, 3.05) is 7.11 Å². The lowest BCUT2D eigenvalue weighted by atomic mass is 10.2. The van der Waals surface area contributed by atoms with Gasteiger partial charge in [-0.25, -0.2) is 4.98 Å². The topological polar surface area (TPSA) is 27.1 Å². The van der Waals surface area contributed by atoms with Crippen molar-refractivity contribution < 1.29 is 4.74 Å². The monoisotopic (exact) mass is 404 g/mol. The molecule has 0 radical (unpaired) electrons. The molecule has 0 bridgehead atoms. The van der Waals surface area contributed by atoms with Crippen LogP contribution in [0, 0.1) is 3.57 Å². The van der Waals surface area contributed by atoms with Crippen molar-refractivity contribution in [3.63, 3.8) is 0 Å². The van der Waals surface area contributed by atoms with Crippen LogP contribution in [-0.4, -0.2) is 22.8 Å². The molecule has 0 spiro atoms. The lowest BCUT2D eigenvalue weighted by Crippen LogP contribution is -2.22. The molecule has 1 heterocycles. The molecule has 0 N–H and O–H groups in total. The molecule has 1 aliphatic carbocycles. The number of nitrogens with zero attached hydrogens (tertiary/aromatic N) is 2. The summed E-state index contributed by atoms with van der Waals surface area (Å²) in [6.45, 7) is 1.99. The number of hydrogen-bond donors (Lipinski definition) is 0. The fraction of sp³-hybridized carbons (Fsp3) is 0.533. The highest BCUT2D eigenvalue weighted by molar-refractivity contribution is 14.1. The molecule has 3 unspecified atom stereocenters. The Balaban J connectivity index is 2.18. The first-order valence-corrected chi connectivity index (χ1v) is 8.47. The lowest BCUT2D eigenvalue weighted by Gasteiger charge is -2.23. The standard InChI is InChI=1S/C15H18ClIN2O/c1-9(16)15-18-11-8-10(17)6-7-12(11)19(15)13-4-3-5-14(13)20-2/h6-9,13-14H,3-5H2,1-2H3. The van der Waals surface area contributed by atoms with E-state index in [1.54, 1.807) is 7.11 Å². The highest BCUT2D eigenvalue weighted by atomic mass is 127. The van der Waals surface area contributed by atoms with E-state index < -0.39 is 0 Å². The fourth-order valence-corrected chi connectivity index (χ4v) is 3.83. The minimum atomic E-state index is -0.0989. The van der Waals surface area contributed by atoms with E-state index in [0.29, 0.717) is 6.04 Å². The summed E-state index contributed by atoms with van der Waals surface area (Å²) >= 11 is 8.68. The van der Waals surface area contributed by atoms with Crippen LogP contribution in [-0.2, 0) is 4.74 Å². The minimum absolute atomic E-state index is 0.0989. The van der Waals surface area contributed by atoms with E-state index in [2.05, 4.69) is 45.4 Å². The second kappa shape index (κ2) is 5.81. The Bertz CT molecular complexity index is 626. The number of aromatic nitrogens is 2. The molecule has 0 aliphatic heterocycles. The predicted octanol–water partition coefficient (Wildman–Crippen LogP) is 4.68. The van der Waals surface area contributed by atoms with E-state index in [-0.39, 0.29) is 11.5 Å². The number of halogens is 2. The molecule has 0 saturated heterocycles. The molecule has 3 nitrogen and oxygen atoms in total. The normalized spacial score (nSPS) is 24.4. The third-order valence-corrected chi connectivity index (χ3v) is 4.95. The van der Waals surface area contributed by atoms with Gasteiger partial charge in [-0.1, -0.05) is 0 Å². The Hall–Kier alpha value is -0.330. The van der Waals surface area contributed by atoms with Crippen molar-refractivity contribution in [2.24, 2.45) is 0 Å². The van der Waals surface area contributed by atoms with Gasteiger partial charge < -0.3 is 9.30 Å². The first kappa shape index (κ1) is 14.6. The van der Waals surface area contributed by atoms with Crippen LogP contribution in [0.25, 0.3) is 11.0 Å². The first-order valence-electron chi connectivity index (χ1n) is 6.96. The van der Waals surface area contributed by atoms with Gasteiger partial charge in [-0.05, 0) is 67.0 Å². The largest absolute Gasteiger partial charge is 0.379 e. The van der Waals surface area contributed by atoms with Crippen molar-refractivity contribution >= 4 is 45.2 Å². The average molecular weight is 405 g/mol. The zero-order chi connectivity index (χ0) is 14.3. The molecule has 108 valence electrons. The SMILES string of the molecule is COC1CCCC1n1c(C(C)Cl)nc2cc(I)ccc21. The number of fused-ring (bicyclic) bond motifs is 1. The van der Waals surface area contributed by atoms with E-state index in [0.717, 1.165) is 24.2 Å². The molecular weight excluding hydrogens is 387 g/mol. The molecule has 20 heavy (non-hydrogen) atoms. The number of imidazole rings is 1. The highest BCUT2D eigenvalue weighted by Gasteiger charge is 2.32. The van der Waals surface area contributed by atoms with Gasteiger partial charge in [0.25, 0.3) is 0 Å². The van der Waals surface area contributed by atoms with Crippen molar-refractivity contribution in [3.8, 4) is 0 Å². The molecule has 1 saturated carbocycles. The van der Waals surface area contributed by atoms with Crippen LogP contribution >= 0.6 is 34.2 Å². The van der Waals surface area contributed by atoms with Crippen molar-refractivity contribution in [1.29, 1.82) is 0 Å². The van der Waals surface area contributed by atoms with Crippen molar-refractivity contribution in [3.05, 3.63) is 27.6 Å². The first-order chi connectivity index (χ1) is 9.61. The molecular formula is C15H18ClIN2O. The molecule has 3 atom stereocenters. The molecule has 2 aromatic rings. The zero-order valence-electron chi connectivity index (χ0n) is 11.6. The smallest absolute Gasteiger partial charge is 0.128 e. The van der Waals surface area contributed by atoms with Gasteiger partial charge >= 0.3 is 0 Å². The number of ether oxygens (including phenoxy) is 1. The van der Waals surface area contributed by atoms with Crippen LogP contribution in [0.5, 0.6) is 0 Å². The Morgan fingerprint density at radius 3 is 2.95 bits per heavy atom. The summed E-state index contributed by atoms with van der Waals surface area (Å²) in [6.07, 6.45) is 3.71. The third kappa shape index (κ3) is 2.46. The summed E-state index contributed by atoms with van der Waals surface area (Å²) in [4.78, 5) is 4.76. The second-order valence-corrected chi connectivity index (χ2v) is 7.26. The summed E-state index contributed by atoms with van der Waals surface area (Å²) in [5.41, 5.74) is 2.20. The van der Waals surface area contributed by atoms with Crippen molar-refractivity contribution in [1.82, 2.24) is 9.55 Å². The Morgan fingerprint density at radius 1 is 1.45 bits per heavy atom. The number of benzene rings is 1. The van der Waals surface area contributed by atoms with Crippen LogP contribution in [0.15, 0.2) is 18.2 Å². The Kier molecular flexibility index (Phi) is 4.24. The average Bonchev–Trinajstić information content (AvgIpc) is 3.00. The van der Waals surface area contributed by atoms with Gasteiger partial charge in [-0.15, -0.1) is 11.6 Å². The van der Waals surface area contributed by atoms with Gasteiger partial charge in [-0.2, -0.15) is 0 Å². The van der Waals surface area contributed by atoms with Crippen LogP contribution < -0.4 is 0 Å². The second-order valence-electron chi connectivity index (χ2n) is 5.36. The fourth-order valence-electron chi connectivity index (χ4n) is 3.20. The number of methoxy groups -OCH3 is 1. The Morgan fingerprint density at radius 2 is 2.25 bits per heavy atom. The molecule has 3 rings (SSSR count). The van der Waals surface area contributed by atoms with E-state index >= 15 is 0 Å². The summed E-state index contributed by atoms with van der Waals surface area (Å²) < 4.78 is 9.17. The number of alkyl halides is 1. The van der Waals surface area contributed by atoms with Gasteiger partial charge in [0.15, 0.2) is 0 Å². The zero-order valence-corrected chi connectivity index (χ0v) is 14.6. The lowest BCUT2D eigenvalue weighted by molar-refractivity contribution is 0.0753. The van der Waals surface area contributed by atoms with Crippen LogP contribution in [0.4, 0.5) is 0 Å². The van der Waals surface area contributed by atoms with Crippen molar-refractivity contribution in [2.45, 2.75) is 43.7 Å². The summed E-state index contributed by atoms with van der Waals surface area (Å²) in [6, 6.07) is 6.74. The van der Waals surface area contributed by atoms with E-state index in [1.165, 1.54) is 15.5 Å². The Labute approximate surface area is 137 Å². The summed E-state index contributed by atoms with van der Waals surface area (Å²) in [7, 11) is 1.80. The molecule has 0 amide bonds. The maximum absolute atomic E-state index is 6.36. The van der Waals surface area contributed by atoms with E-state index in [1.807, 2.05) is 6.92 Å². The van der Waals surface area contributed by atoms with Gasteiger partial charge in [0.05, 0.1) is 28.6 Å². The maximum atomic E-state index is 6.36. The van der Waals surface area contributed by atoms with Crippen LogP contribution in [0.2, 0.25) is 0 Å². The highest BCUT2D eigenvalue weighted by Crippen LogP contribution is 2.38. The van der Waals surface area contributed by atoms with E-state index in [4.69, 9.17) is 21.3 Å². The minimum Gasteiger partial charge on any atom is -0.379 e. The van der Waals surface area contributed by atoms with Gasteiger partial charge in [0, 0.05) is 10.7 Å². The third-order valence-electron chi connectivity index (χ3n) is 4.09. The summed E-state index contributed by atoms with van der Waals surface area (Å²) in [5, 5.41) is -0.0989. The molecule has 1 aromatic heterocycles. The molecule has 1 aliphatic rings. The quantitative estimate of drug-likeness (QED) is 0.548. The van der Waals surface area contributed by atoms with Gasteiger partial charge in [0.1, 0.15) is 5.82 Å². The van der Waals surface area contributed by atoms with E-state index in [9.17, 15) is 0 Å². The molecule has 1 fully saturated rings. The number of hydrogen-bond acceptors (Lipinski definition) is 2. The van der Waals surface area contributed by atoms with Gasteiger partial charge in [-0.3, -0.25) is 0 Å². The molecule has 1 aromatic carbocycles. The van der Waals surface area contributed by atoms with Crippen LogP contribution in [0.3, 0.4) is 0 Å². The predicted molar refractivity (Wildman–Crippen MR) is 90.4 cm³/mol. The maximum Gasteiger partial charge on any atom is 0.128 e. The summed E-state index contributed by atoms with van der Waals surface area (Å²) in [5.74, 6) is 0.956. The molecule has 5 heteroatoms. The van der Waals surface area contributed by atoms with Gasteiger partial charge in [0.2, 0.25) is 0 Å². The number of rotatable bonds is 3.